The quantitative estimate of drug-likeness (QED) is 0.894. The van der Waals surface area contributed by atoms with Crippen LogP contribution in [-0.4, -0.2) is 56.8 Å². The molecule has 0 atom stereocenters. The molecule has 116 valence electrons. The Hall–Kier alpha value is -1.92. The molecule has 2 fully saturated rings. The number of carbonyl (C=O) groups excluding carboxylic acids is 1. The Kier molecular flexibility index (Phi) is 3.16. The molecule has 2 N–H and O–H groups in total. The number of imidazole rings is 1. The SMILES string of the molecule is NC1(C(=O)N2CCN(Cc3cn4ccccc4n3)CC2)CC1. The van der Waals surface area contributed by atoms with E-state index < -0.39 is 5.54 Å². The van der Waals surface area contributed by atoms with Crippen molar-refractivity contribution in [2.24, 2.45) is 5.73 Å². The summed E-state index contributed by atoms with van der Waals surface area (Å²) in [6.45, 7) is 4.14. The number of hydrogen-bond acceptors (Lipinski definition) is 4. The van der Waals surface area contributed by atoms with E-state index in [1.54, 1.807) is 0 Å². The van der Waals surface area contributed by atoms with Crippen molar-refractivity contribution in [1.82, 2.24) is 19.2 Å². The Morgan fingerprint density at radius 1 is 1.23 bits per heavy atom. The van der Waals surface area contributed by atoms with Crippen LogP contribution in [0.1, 0.15) is 18.5 Å². The minimum Gasteiger partial charge on any atom is -0.339 e. The number of hydrogen-bond donors (Lipinski definition) is 1. The number of rotatable bonds is 3. The van der Waals surface area contributed by atoms with Gasteiger partial charge in [-0.2, -0.15) is 0 Å². The molecule has 2 aromatic rings. The molecule has 22 heavy (non-hydrogen) atoms. The smallest absolute Gasteiger partial charge is 0.242 e. The van der Waals surface area contributed by atoms with Crippen LogP contribution >= 0.6 is 0 Å². The molecule has 6 nitrogen and oxygen atoms in total. The molecular weight excluding hydrogens is 278 g/mol. The topological polar surface area (TPSA) is 66.9 Å². The average molecular weight is 299 g/mol. The first-order valence-corrected chi connectivity index (χ1v) is 7.87. The second-order valence-corrected chi connectivity index (χ2v) is 6.42. The van der Waals surface area contributed by atoms with Crippen molar-refractivity contribution in [2.75, 3.05) is 26.2 Å². The molecule has 0 spiro atoms. The van der Waals surface area contributed by atoms with E-state index >= 15 is 0 Å². The van der Waals surface area contributed by atoms with E-state index in [-0.39, 0.29) is 5.91 Å². The van der Waals surface area contributed by atoms with E-state index in [4.69, 9.17) is 5.73 Å². The normalized spacial score (nSPS) is 21.2. The van der Waals surface area contributed by atoms with Crippen molar-refractivity contribution >= 4 is 11.6 Å². The molecule has 0 bridgehead atoms. The first-order chi connectivity index (χ1) is 10.6. The minimum absolute atomic E-state index is 0.139. The van der Waals surface area contributed by atoms with E-state index in [0.717, 1.165) is 56.9 Å². The van der Waals surface area contributed by atoms with Gasteiger partial charge in [0, 0.05) is 45.1 Å². The molecule has 3 heterocycles. The Labute approximate surface area is 129 Å². The van der Waals surface area contributed by atoms with Crippen LogP contribution in [0.3, 0.4) is 0 Å². The molecule has 1 amide bonds. The summed E-state index contributed by atoms with van der Waals surface area (Å²) >= 11 is 0. The van der Waals surface area contributed by atoms with Gasteiger partial charge in [0.1, 0.15) is 5.65 Å². The minimum atomic E-state index is -0.538. The molecule has 0 aromatic carbocycles. The zero-order valence-electron chi connectivity index (χ0n) is 12.6. The van der Waals surface area contributed by atoms with Gasteiger partial charge in [-0.3, -0.25) is 9.69 Å². The van der Waals surface area contributed by atoms with Crippen molar-refractivity contribution in [3.63, 3.8) is 0 Å². The standard InChI is InChI=1S/C16H21N5O/c17-16(4-5-16)15(22)20-9-7-19(8-10-20)11-13-12-21-6-2-1-3-14(21)18-13/h1-3,6,12H,4-5,7-11,17H2. The first-order valence-electron chi connectivity index (χ1n) is 7.87. The van der Waals surface area contributed by atoms with Gasteiger partial charge in [-0.25, -0.2) is 4.98 Å². The Bertz CT molecular complexity index is 664. The molecule has 1 saturated heterocycles. The Morgan fingerprint density at radius 3 is 2.68 bits per heavy atom. The Morgan fingerprint density at radius 2 is 2.00 bits per heavy atom. The van der Waals surface area contributed by atoms with Crippen LogP contribution in [0.25, 0.3) is 5.65 Å². The molecule has 0 radical (unpaired) electrons. The highest BCUT2D eigenvalue weighted by atomic mass is 16.2. The summed E-state index contributed by atoms with van der Waals surface area (Å²) < 4.78 is 2.04. The van der Waals surface area contributed by atoms with E-state index in [0.29, 0.717) is 0 Å². The number of fused-ring (bicyclic) bond motifs is 1. The van der Waals surface area contributed by atoms with Crippen molar-refractivity contribution in [3.8, 4) is 0 Å². The molecule has 2 aromatic heterocycles. The summed E-state index contributed by atoms with van der Waals surface area (Å²) in [7, 11) is 0. The van der Waals surface area contributed by atoms with Gasteiger partial charge in [-0.15, -0.1) is 0 Å². The third-order valence-electron chi connectivity index (χ3n) is 4.67. The van der Waals surface area contributed by atoms with Crippen molar-refractivity contribution in [3.05, 3.63) is 36.3 Å². The molecule has 0 unspecified atom stereocenters. The third kappa shape index (κ3) is 2.48. The molecule has 6 heteroatoms. The van der Waals surface area contributed by atoms with Gasteiger partial charge in [0.15, 0.2) is 0 Å². The number of piperazine rings is 1. The van der Waals surface area contributed by atoms with Gasteiger partial charge >= 0.3 is 0 Å². The van der Waals surface area contributed by atoms with E-state index in [9.17, 15) is 4.79 Å². The maximum Gasteiger partial charge on any atom is 0.242 e. The second-order valence-electron chi connectivity index (χ2n) is 6.42. The maximum atomic E-state index is 12.2. The number of aromatic nitrogens is 2. The zero-order chi connectivity index (χ0) is 15.2. The lowest BCUT2D eigenvalue weighted by Gasteiger charge is -2.35. The number of carbonyl (C=O) groups is 1. The molecule has 2 aliphatic rings. The molecular formula is C16H21N5O. The third-order valence-corrected chi connectivity index (χ3v) is 4.67. The first kappa shape index (κ1) is 13.7. The maximum absolute atomic E-state index is 12.2. The summed E-state index contributed by atoms with van der Waals surface area (Å²) in [5, 5.41) is 0. The van der Waals surface area contributed by atoms with E-state index in [2.05, 4.69) is 16.1 Å². The number of nitrogens with zero attached hydrogens (tertiary/aromatic N) is 4. The summed E-state index contributed by atoms with van der Waals surface area (Å²) in [6.07, 6.45) is 5.77. The largest absolute Gasteiger partial charge is 0.339 e. The molecule has 1 saturated carbocycles. The fourth-order valence-electron chi connectivity index (χ4n) is 3.06. The summed E-state index contributed by atoms with van der Waals surface area (Å²) in [5.41, 5.74) is 7.52. The van der Waals surface area contributed by atoms with Crippen LogP contribution in [0.4, 0.5) is 0 Å². The van der Waals surface area contributed by atoms with Crippen LogP contribution in [0.5, 0.6) is 0 Å². The van der Waals surface area contributed by atoms with Gasteiger partial charge in [-0.1, -0.05) is 6.07 Å². The van der Waals surface area contributed by atoms with Crippen LogP contribution in [0, 0.1) is 0 Å². The van der Waals surface area contributed by atoms with Gasteiger partial charge in [0.25, 0.3) is 0 Å². The van der Waals surface area contributed by atoms with Crippen LogP contribution in [-0.2, 0) is 11.3 Å². The lowest BCUT2D eigenvalue weighted by molar-refractivity contribution is -0.135. The highest BCUT2D eigenvalue weighted by Gasteiger charge is 2.48. The van der Waals surface area contributed by atoms with E-state index in [1.807, 2.05) is 33.7 Å². The van der Waals surface area contributed by atoms with Gasteiger partial charge in [-0.05, 0) is 25.0 Å². The molecule has 1 aliphatic heterocycles. The predicted molar refractivity (Wildman–Crippen MR) is 83.2 cm³/mol. The summed E-state index contributed by atoms with van der Waals surface area (Å²) in [4.78, 5) is 21.1. The van der Waals surface area contributed by atoms with Crippen molar-refractivity contribution < 1.29 is 4.79 Å². The fourth-order valence-corrected chi connectivity index (χ4v) is 3.06. The summed E-state index contributed by atoms with van der Waals surface area (Å²) in [5.74, 6) is 0.139. The lowest BCUT2D eigenvalue weighted by Crippen LogP contribution is -2.53. The van der Waals surface area contributed by atoms with Gasteiger partial charge in [0.2, 0.25) is 5.91 Å². The fraction of sp³-hybridized carbons (Fsp3) is 0.500. The van der Waals surface area contributed by atoms with Crippen molar-refractivity contribution in [1.29, 1.82) is 0 Å². The van der Waals surface area contributed by atoms with Crippen LogP contribution < -0.4 is 5.73 Å². The van der Waals surface area contributed by atoms with Crippen molar-refractivity contribution in [2.45, 2.75) is 24.9 Å². The monoisotopic (exact) mass is 299 g/mol. The van der Waals surface area contributed by atoms with Gasteiger partial charge in [0.05, 0.1) is 11.2 Å². The van der Waals surface area contributed by atoms with E-state index in [1.165, 1.54) is 0 Å². The molecule has 4 rings (SSSR count). The summed E-state index contributed by atoms with van der Waals surface area (Å²) in [6, 6.07) is 6.01. The average Bonchev–Trinajstić information content (AvgIpc) is 3.15. The van der Waals surface area contributed by atoms with Gasteiger partial charge < -0.3 is 15.0 Å². The highest BCUT2D eigenvalue weighted by Crippen LogP contribution is 2.34. The molecule has 1 aliphatic carbocycles. The second kappa shape index (κ2) is 5.07. The number of amides is 1. The number of pyridine rings is 1. The van der Waals surface area contributed by atoms with Crippen LogP contribution in [0.15, 0.2) is 30.6 Å². The highest BCUT2D eigenvalue weighted by molar-refractivity contribution is 5.89. The predicted octanol–water partition coefficient (Wildman–Crippen LogP) is 0.470. The zero-order valence-corrected chi connectivity index (χ0v) is 12.6. The van der Waals surface area contributed by atoms with Crippen LogP contribution in [0.2, 0.25) is 0 Å². The lowest BCUT2D eigenvalue weighted by atomic mass is 10.2. The Balaban J connectivity index is 1.36. The number of nitrogens with two attached hydrogens (primary N) is 1.